The van der Waals surface area contributed by atoms with Crippen LogP contribution in [0.1, 0.15) is 23.1 Å². The summed E-state index contributed by atoms with van der Waals surface area (Å²) in [5.41, 5.74) is -0.601. The van der Waals surface area contributed by atoms with E-state index in [1.54, 1.807) is 4.90 Å². The van der Waals surface area contributed by atoms with Crippen LogP contribution in [0.25, 0.3) is 0 Å². The van der Waals surface area contributed by atoms with Gasteiger partial charge >= 0.3 is 6.18 Å². The highest BCUT2D eigenvalue weighted by Gasteiger charge is 2.41. The van der Waals surface area contributed by atoms with Gasteiger partial charge in [-0.05, 0) is 29.7 Å². The Morgan fingerprint density at radius 2 is 1.77 bits per heavy atom. The van der Waals surface area contributed by atoms with Crippen molar-refractivity contribution < 1.29 is 28.2 Å². The van der Waals surface area contributed by atoms with Gasteiger partial charge in [-0.1, -0.05) is 42.5 Å². The summed E-state index contributed by atoms with van der Waals surface area (Å²) in [4.78, 5) is 14.0. The zero-order valence-electron chi connectivity index (χ0n) is 16.4. The molecule has 1 heterocycles. The van der Waals surface area contributed by atoms with Crippen LogP contribution in [0.3, 0.4) is 0 Å². The molecule has 0 saturated carbocycles. The van der Waals surface area contributed by atoms with E-state index in [4.69, 9.17) is 0 Å². The quantitative estimate of drug-likeness (QED) is 0.669. The lowest BCUT2D eigenvalue weighted by molar-refractivity contribution is -0.148. The molecule has 5 nitrogen and oxygen atoms in total. The van der Waals surface area contributed by atoms with Crippen LogP contribution >= 0.6 is 0 Å². The van der Waals surface area contributed by atoms with Gasteiger partial charge < -0.3 is 20.4 Å². The van der Waals surface area contributed by atoms with E-state index in [0.717, 1.165) is 17.7 Å². The van der Waals surface area contributed by atoms with Crippen LogP contribution in [-0.2, 0) is 23.9 Å². The number of aliphatic hydroxyl groups is 2. The van der Waals surface area contributed by atoms with E-state index in [2.05, 4.69) is 5.32 Å². The summed E-state index contributed by atoms with van der Waals surface area (Å²) in [6.45, 7) is 0.672. The lowest BCUT2D eigenvalue weighted by atomic mass is 9.88. The first kappa shape index (κ1) is 22.3. The second kappa shape index (κ2) is 9.16. The van der Waals surface area contributed by atoms with Gasteiger partial charge in [0.25, 0.3) is 0 Å². The number of aliphatic hydroxyl groups excluding tert-OH is 1. The molecule has 30 heavy (non-hydrogen) atoms. The van der Waals surface area contributed by atoms with Crippen molar-refractivity contribution in [2.24, 2.45) is 0 Å². The van der Waals surface area contributed by atoms with Gasteiger partial charge in [-0.15, -0.1) is 0 Å². The molecule has 1 saturated heterocycles. The van der Waals surface area contributed by atoms with Crippen molar-refractivity contribution in [1.82, 2.24) is 10.2 Å². The van der Waals surface area contributed by atoms with Crippen LogP contribution in [0.2, 0.25) is 0 Å². The second-order valence-electron chi connectivity index (χ2n) is 7.67. The number of rotatable bonds is 6. The molecule has 2 aromatic rings. The number of carbonyl (C=O) groups is 1. The largest absolute Gasteiger partial charge is 0.416 e. The standard InChI is InChI=1S/C22H25F3N2O3/c23-22(24,25)18-8-6-17(7-9-18)13-26-15-21(30)10-11-27(14-19(21)28)20(29)12-16-4-2-1-3-5-16/h1-9,19,26,28,30H,10-15H2/t19-,21-/m0/s1. The maximum atomic E-state index is 12.6. The van der Waals surface area contributed by atoms with E-state index in [-0.39, 0.29) is 38.4 Å². The average Bonchev–Trinajstić information content (AvgIpc) is 2.71. The van der Waals surface area contributed by atoms with Gasteiger partial charge in [0.1, 0.15) is 11.7 Å². The van der Waals surface area contributed by atoms with Crippen molar-refractivity contribution in [3.05, 3.63) is 71.3 Å². The number of carbonyl (C=O) groups excluding carboxylic acids is 1. The lowest BCUT2D eigenvalue weighted by Gasteiger charge is -2.42. The van der Waals surface area contributed by atoms with Gasteiger partial charge in [0.2, 0.25) is 5.91 Å². The zero-order chi connectivity index (χ0) is 21.8. The van der Waals surface area contributed by atoms with Crippen LogP contribution in [0.5, 0.6) is 0 Å². The third kappa shape index (κ3) is 5.59. The molecule has 2 aromatic carbocycles. The summed E-state index contributed by atoms with van der Waals surface area (Å²) in [5.74, 6) is -0.111. The lowest BCUT2D eigenvalue weighted by Crippen LogP contribution is -2.60. The van der Waals surface area contributed by atoms with Crippen molar-refractivity contribution in [3.8, 4) is 0 Å². The first-order valence-electron chi connectivity index (χ1n) is 9.76. The molecular weight excluding hydrogens is 397 g/mol. The first-order chi connectivity index (χ1) is 14.2. The van der Waals surface area contributed by atoms with Gasteiger partial charge in [-0.3, -0.25) is 4.79 Å². The van der Waals surface area contributed by atoms with Crippen molar-refractivity contribution in [3.63, 3.8) is 0 Å². The number of amides is 1. The molecule has 0 spiro atoms. The second-order valence-corrected chi connectivity index (χ2v) is 7.67. The van der Waals surface area contributed by atoms with Gasteiger partial charge in [0, 0.05) is 26.2 Å². The Balaban J connectivity index is 1.48. The number of nitrogens with zero attached hydrogens (tertiary/aromatic N) is 1. The molecule has 0 aromatic heterocycles. The number of benzene rings is 2. The summed E-state index contributed by atoms with van der Waals surface area (Å²) in [6, 6.07) is 14.1. The summed E-state index contributed by atoms with van der Waals surface area (Å²) < 4.78 is 37.8. The third-order valence-electron chi connectivity index (χ3n) is 5.42. The van der Waals surface area contributed by atoms with Gasteiger partial charge in [-0.2, -0.15) is 13.2 Å². The van der Waals surface area contributed by atoms with E-state index >= 15 is 0 Å². The van der Waals surface area contributed by atoms with Crippen molar-refractivity contribution in [2.75, 3.05) is 19.6 Å². The molecule has 1 aliphatic heterocycles. The molecule has 0 radical (unpaired) electrons. The minimum atomic E-state index is -4.38. The monoisotopic (exact) mass is 422 g/mol. The Kier molecular flexibility index (Phi) is 6.80. The first-order valence-corrected chi connectivity index (χ1v) is 9.76. The number of alkyl halides is 3. The molecule has 2 atom stereocenters. The highest BCUT2D eigenvalue weighted by atomic mass is 19.4. The molecule has 3 rings (SSSR count). The molecule has 1 aliphatic rings. The SMILES string of the molecule is O=C(Cc1ccccc1)N1CC[C@](O)(CNCc2ccc(C(F)(F)F)cc2)[C@@H](O)C1. The molecule has 0 aliphatic carbocycles. The highest BCUT2D eigenvalue weighted by molar-refractivity contribution is 5.79. The molecule has 162 valence electrons. The van der Waals surface area contributed by atoms with Gasteiger partial charge in [0.05, 0.1) is 12.0 Å². The van der Waals surface area contributed by atoms with Crippen molar-refractivity contribution >= 4 is 5.91 Å². The molecule has 0 bridgehead atoms. The Bertz CT molecular complexity index is 843. The predicted octanol–water partition coefficient (Wildman–Crippen LogP) is 2.36. The fourth-order valence-electron chi connectivity index (χ4n) is 3.52. The molecular formula is C22H25F3N2O3. The van der Waals surface area contributed by atoms with Crippen LogP contribution in [0.4, 0.5) is 13.2 Å². The predicted molar refractivity (Wildman–Crippen MR) is 105 cm³/mol. The van der Waals surface area contributed by atoms with E-state index in [9.17, 15) is 28.2 Å². The summed E-state index contributed by atoms with van der Waals surface area (Å²) >= 11 is 0. The smallest absolute Gasteiger partial charge is 0.388 e. The Morgan fingerprint density at radius 1 is 1.10 bits per heavy atom. The summed E-state index contributed by atoms with van der Waals surface area (Å²) in [5, 5.41) is 24.2. The van der Waals surface area contributed by atoms with E-state index < -0.39 is 23.4 Å². The van der Waals surface area contributed by atoms with Gasteiger partial charge in [-0.25, -0.2) is 0 Å². The molecule has 0 unspecified atom stereocenters. The molecule has 3 N–H and O–H groups in total. The van der Waals surface area contributed by atoms with Crippen LogP contribution < -0.4 is 5.32 Å². The number of nitrogens with one attached hydrogen (secondary N) is 1. The number of piperidine rings is 1. The Morgan fingerprint density at radius 3 is 2.37 bits per heavy atom. The molecule has 8 heteroatoms. The number of likely N-dealkylation sites (tertiary alicyclic amines) is 1. The zero-order valence-corrected chi connectivity index (χ0v) is 16.4. The Labute approximate surface area is 173 Å². The fraction of sp³-hybridized carbons (Fsp3) is 0.409. The minimum absolute atomic E-state index is 0.0319. The third-order valence-corrected chi connectivity index (χ3v) is 5.42. The van der Waals surface area contributed by atoms with Crippen LogP contribution in [-0.4, -0.2) is 52.4 Å². The van der Waals surface area contributed by atoms with E-state index in [1.165, 1.54) is 12.1 Å². The maximum absolute atomic E-state index is 12.6. The van der Waals surface area contributed by atoms with Gasteiger partial charge in [0.15, 0.2) is 0 Å². The normalized spacial score (nSPS) is 22.2. The number of hydrogen-bond acceptors (Lipinski definition) is 4. The van der Waals surface area contributed by atoms with Crippen LogP contribution in [0, 0.1) is 0 Å². The highest BCUT2D eigenvalue weighted by Crippen LogP contribution is 2.29. The summed E-state index contributed by atoms with van der Waals surface area (Å²) in [6.07, 6.45) is -5.06. The van der Waals surface area contributed by atoms with Crippen molar-refractivity contribution in [1.29, 1.82) is 0 Å². The van der Waals surface area contributed by atoms with E-state index in [1.807, 2.05) is 30.3 Å². The fourth-order valence-corrected chi connectivity index (χ4v) is 3.52. The topological polar surface area (TPSA) is 72.8 Å². The average molecular weight is 422 g/mol. The van der Waals surface area contributed by atoms with E-state index in [0.29, 0.717) is 12.1 Å². The molecule has 1 amide bonds. The van der Waals surface area contributed by atoms with Crippen molar-refractivity contribution in [2.45, 2.75) is 37.3 Å². The van der Waals surface area contributed by atoms with Crippen LogP contribution in [0.15, 0.2) is 54.6 Å². The number of hydrogen-bond donors (Lipinski definition) is 3. The maximum Gasteiger partial charge on any atom is 0.416 e. The summed E-state index contributed by atoms with van der Waals surface area (Å²) in [7, 11) is 0. The Hall–Kier alpha value is -2.42. The number of halogens is 3. The minimum Gasteiger partial charge on any atom is -0.388 e. The molecule has 1 fully saturated rings. The number of β-amino-alcohol motifs (C(OH)–C–C–N with tert-alkyl or cyclic N) is 1.